The molecular weight excluding hydrogens is 446 g/mol. The molecule has 0 unspecified atom stereocenters. The van der Waals surface area contributed by atoms with Crippen LogP contribution in [-0.4, -0.2) is 38.3 Å². The Kier molecular flexibility index (Phi) is 5.94. The van der Waals surface area contributed by atoms with Crippen LogP contribution in [0.3, 0.4) is 0 Å². The molecule has 1 fully saturated rings. The van der Waals surface area contributed by atoms with E-state index in [1.165, 1.54) is 0 Å². The average Bonchev–Trinajstić information content (AvgIpc) is 3.32. The van der Waals surface area contributed by atoms with Gasteiger partial charge < -0.3 is 4.90 Å². The number of carbonyl (C=O) groups excluding carboxylic acids is 1. The number of nitriles is 1. The molecule has 0 spiro atoms. The average molecular weight is 472 g/mol. The first-order valence-electron chi connectivity index (χ1n) is 11.5. The molecule has 7 heteroatoms. The molecule has 3 aromatic rings. The van der Waals surface area contributed by atoms with Gasteiger partial charge in [0.1, 0.15) is 0 Å². The molecule has 5 rings (SSSR count). The molecule has 0 N–H and O–H groups in total. The lowest BCUT2D eigenvalue weighted by Gasteiger charge is -2.26. The van der Waals surface area contributed by atoms with Crippen LogP contribution in [0.15, 0.2) is 71.6 Å². The van der Waals surface area contributed by atoms with Gasteiger partial charge in [-0.25, -0.2) is 8.42 Å². The van der Waals surface area contributed by atoms with Gasteiger partial charge in [-0.2, -0.15) is 9.57 Å². The third kappa shape index (κ3) is 3.89. The minimum absolute atomic E-state index is 0.159. The summed E-state index contributed by atoms with van der Waals surface area (Å²) in [7, 11) is -3.52. The van der Waals surface area contributed by atoms with Crippen molar-refractivity contribution in [2.24, 2.45) is 0 Å². The highest BCUT2D eigenvalue weighted by atomic mass is 32.2. The van der Waals surface area contributed by atoms with Crippen LogP contribution in [0.25, 0.3) is 11.1 Å². The minimum Gasteiger partial charge on any atom is -0.308 e. The van der Waals surface area contributed by atoms with Crippen LogP contribution in [-0.2, 0) is 16.4 Å². The van der Waals surface area contributed by atoms with Gasteiger partial charge in [-0.15, -0.1) is 0 Å². The molecule has 0 bridgehead atoms. The zero-order chi connectivity index (χ0) is 23.7. The number of anilines is 1. The molecule has 6 nitrogen and oxygen atoms in total. The summed E-state index contributed by atoms with van der Waals surface area (Å²) in [4.78, 5) is 15.7. The summed E-state index contributed by atoms with van der Waals surface area (Å²) in [5.74, 6) is -0.159. The standard InChI is InChI=1S/C27H25N3O3S/c28-19-21-8-2-3-9-23(21)24-10-4-5-11-25(24)27(31)30-17-14-20-18-22(12-13-26(20)30)34(32,33)29-15-6-1-7-16-29/h2-5,8-13,18H,1,6-7,14-17H2. The number of nitrogens with zero attached hydrogens (tertiary/aromatic N) is 3. The maximum absolute atomic E-state index is 13.6. The number of sulfonamides is 1. The second-order valence-electron chi connectivity index (χ2n) is 8.67. The van der Waals surface area contributed by atoms with Crippen molar-refractivity contribution in [2.75, 3.05) is 24.5 Å². The number of piperidine rings is 1. The minimum atomic E-state index is -3.52. The quantitative estimate of drug-likeness (QED) is 0.557. The topological polar surface area (TPSA) is 81.5 Å². The van der Waals surface area contributed by atoms with Crippen molar-refractivity contribution in [1.82, 2.24) is 4.31 Å². The third-order valence-corrected chi connectivity index (χ3v) is 8.53. The molecule has 0 atom stereocenters. The lowest BCUT2D eigenvalue weighted by molar-refractivity contribution is 0.0990. The van der Waals surface area contributed by atoms with Crippen molar-refractivity contribution >= 4 is 21.6 Å². The van der Waals surface area contributed by atoms with E-state index >= 15 is 0 Å². The summed E-state index contributed by atoms with van der Waals surface area (Å²) in [6, 6.07) is 21.9. The molecule has 2 heterocycles. The summed E-state index contributed by atoms with van der Waals surface area (Å²) >= 11 is 0. The van der Waals surface area contributed by atoms with E-state index < -0.39 is 10.0 Å². The number of hydrogen-bond donors (Lipinski definition) is 0. The highest BCUT2D eigenvalue weighted by molar-refractivity contribution is 7.89. The fraction of sp³-hybridized carbons (Fsp3) is 0.259. The van der Waals surface area contributed by atoms with Crippen LogP contribution in [0.1, 0.15) is 40.7 Å². The first kappa shape index (κ1) is 22.3. The second kappa shape index (κ2) is 9.05. The van der Waals surface area contributed by atoms with Crippen LogP contribution in [0.5, 0.6) is 0 Å². The number of carbonyl (C=O) groups is 1. The van der Waals surface area contributed by atoms with Crippen LogP contribution in [0.4, 0.5) is 5.69 Å². The van der Waals surface area contributed by atoms with Crippen LogP contribution in [0.2, 0.25) is 0 Å². The summed E-state index contributed by atoms with van der Waals surface area (Å²) < 4.78 is 27.8. The van der Waals surface area contributed by atoms with Crippen LogP contribution >= 0.6 is 0 Å². The highest BCUT2D eigenvalue weighted by Crippen LogP contribution is 2.35. The Balaban J connectivity index is 1.48. The van der Waals surface area contributed by atoms with E-state index in [1.807, 2.05) is 30.3 Å². The van der Waals surface area contributed by atoms with Crippen LogP contribution < -0.4 is 4.90 Å². The van der Waals surface area contributed by atoms with Crippen molar-refractivity contribution < 1.29 is 13.2 Å². The normalized spacial score (nSPS) is 16.1. The van der Waals surface area contributed by atoms with Gasteiger partial charge in [-0.3, -0.25) is 4.79 Å². The summed E-state index contributed by atoms with van der Waals surface area (Å²) in [6.07, 6.45) is 3.44. The Morgan fingerprint density at radius 2 is 1.56 bits per heavy atom. The van der Waals surface area contributed by atoms with E-state index in [0.717, 1.165) is 36.1 Å². The largest absolute Gasteiger partial charge is 0.308 e. The van der Waals surface area contributed by atoms with Crippen LogP contribution in [0, 0.1) is 11.3 Å². The molecule has 0 radical (unpaired) electrons. The summed E-state index contributed by atoms with van der Waals surface area (Å²) in [5.41, 5.74) is 4.06. The number of rotatable bonds is 4. The van der Waals surface area contributed by atoms with Crippen molar-refractivity contribution in [3.8, 4) is 17.2 Å². The molecule has 0 saturated carbocycles. The summed E-state index contributed by atoms with van der Waals surface area (Å²) in [6.45, 7) is 1.60. The van der Waals surface area contributed by atoms with Gasteiger partial charge in [0.25, 0.3) is 5.91 Å². The van der Waals surface area contributed by atoms with Crippen molar-refractivity contribution in [2.45, 2.75) is 30.6 Å². The SMILES string of the molecule is N#Cc1ccccc1-c1ccccc1C(=O)N1CCc2cc(S(=O)(=O)N3CCCCC3)ccc21. The Hall–Kier alpha value is -3.47. The zero-order valence-corrected chi connectivity index (χ0v) is 19.6. The lowest BCUT2D eigenvalue weighted by Crippen LogP contribution is -2.35. The smallest absolute Gasteiger partial charge is 0.258 e. The Morgan fingerprint density at radius 1 is 0.853 bits per heavy atom. The molecular formula is C27H25N3O3S. The van der Waals surface area contributed by atoms with Gasteiger partial charge in [0.2, 0.25) is 10.0 Å². The number of benzene rings is 3. The van der Waals surface area contributed by atoms with Crippen molar-refractivity contribution in [3.63, 3.8) is 0 Å². The maximum Gasteiger partial charge on any atom is 0.258 e. The van der Waals surface area contributed by atoms with Gasteiger partial charge >= 0.3 is 0 Å². The molecule has 1 amide bonds. The van der Waals surface area contributed by atoms with E-state index in [9.17, 15) is 18.5 Å². The van der Waals surface area contributed by atoms with Gasteiger partial charge in [-0.1, -0.05) is 42.8 Å². The lowest BCUT2D eigenvalue weighted by atomic mass is 9.95. The third-order valence-electron chi connectivity index (χ3n) is 6.64. The van der Waals surface area contributed by atoms with Gasteiger partial charge in [0.05, 0.1) is 16.5 Å². The van der Waals surface area contributed by atoms with Crippen molar-refractivity contribution in [3.05, 3.63) is 83.4 Å². The molecule has 172 valence electrons. The number of fused-ring (bicyclic) bond motifs is 1. The Bertz CT molecular complexity index is 1400. The van der Waals surface area contributed by atoms with Gasteiger partial charge in [0.15, 0.2) is 0 Å². The van der Waals surface area contributed by atoms with Gasteiger partial charge in [0, 0.05) is 36.4 Å². The number of hydrogen-bond acceptors (Lipinski definition) is 4. The maximum atomic E-state index is 13.6. The molecule has 3 aromatic carbocycles. The predicted octanol–water partition coefficient (Wildman–Crippen LogP) is 4.60. The van der Waals surface area contributed by atoms with E-state index in [4.69, 9.17) is 0 Å². The summed E-state index contributed by atoms with van der Waals surface area (Å²) in [5, 5.41) is 9.54. The number of amides is 1. The molecule has 2 aliphatic rings. The predicted molar refractivity (Wildman–Crippen MR) is 131 cm³/mol. The van der Waals surface area contributed by atoms with E-state index in [-0.39, 0.29) is 5.91 Å². The monoisotopic (exact) mass is 471 g/mol. The first-order chi connectivity index (χ1) is 16.5. The fourth-order valence-electron chi connectivity index (χ4n) is 4.87. The zero-order valence-electron chi connectivity index (χ0n) is 18.8. The fourth-order valence-corrected chi connectivity index (χ4v) is 6.44. The highest BCUT2D eigenvalue weighted by Gasteiger charge is 2.31. The molecule has 0 aromatic heterocycles. The molecule has 2 aliphatic heterocycles. The van der Waals surface area contributed by atoms with E-state index in [2.05, 4.69) is 6.07 Å². The molecule has 34 heavy (non-hydrogen) atoms. The second-order valence-corrected chi connectivity index (χ2v) is 10.6. The van der Waals surface area contributed by atoms with Gasteiger partial charge in [-0.05, 0) is 60.7 Å². The van der Waals surface area contributed by atoms with Crippen molar-refractivity contribution in [1.29, 1.82) is 5.26 Å². The van der Waals surface area contributed by atoms with E-state index in [1.54, 1.807) is 45.6 Å². The van der Waals surface area contributed by atoms with E-state index in [0.29, 0.717) is 47.6 Å². The molecule has 1 saturated heterocycles. The molecule has 0 aliphatic carbocycles. The Labute approximate surface area is 200 Å². The first-order valence-corrected chi connectivity index (χ1v) is 13.0. The Morgan fingerprint density at radius 3 is 2.32 bits per heavy atom.